The lowest BCUT2D eigenvalue weighted by Gasteiger charge is -2.09. The third kappa shape index (κ3) is 11.8. The van der Waals surface area contributed by atoms with E-state index in [4.69, 9.17) is 15.6 Å². The summed E-state index contributed by atoms with van der Waals surface area (Å²) in [5.41, 5.74) is 11.8. The highest BCUT2D eigenvalue weighted by Gasteiger charge is 2.08. The summed E-state index contributed by atoms with van der Waals surface area (Å²) < 4.78 is 32.0. The molecule has 36 heavy (non-hydrogen) atoms. The van der Waals surface area contributed by atoms with Crippen molar-refractivity contribution in [2.75, 3.05) is 30.6 Å². The van der Waals surface area contributed by atoms with Gasteiger partial charge in [0.15, 0.2) is 0 Å². The molecule has 0 aliphatic carbocycles. The number of nitrogens with one attached hydrogen (secondary N) is 4. The van der Waals surface area contributed by atoms with Gasteiger partial charge >= 0.3 is 6.03 Å². The number of aliphatic hydroxyl groups excluding tert-OH is 1. The highest BCUT2D eigenvalue weighted by molar-refractivity contribution is 5.90. The van der Waals surface area contributed by atoms with Gasteiger partial charge in [-0.05, 0) is 42.8 Å². The summed E-state index contributed by atoms with van der Waals surface area (Å²) >= 11 is 0. The number of carbonyl (C=O) groups is 1. The van der Waals surface area contributed by atoms with E-state index in [1.54, 1.807) is 31.3 Å². The van der Waals surface area contributed by atoms with Crippen LogP contribution in [-0.2, 0) is 0 Å². The van der Waals surface area contributed by atoms with Gasteiger partial charge in [-0.25, -0.2) is 24.0 Å². The number of nitrogen functional groups attached to an aromatic ring is 1. The number of hydrogen-bond acceptors (Lipinski definition) is 7. The number of allylic oxidation sites excluding steroid dienone is 1. The third-order valence-corrected chi connectivity index (χ3v) is 4.06. The fraction of sp³-hybridized carbons (Fsp3) is 0.200. The molecule has 2 aromatic carbocycles. The highest BCUT2D eigenvalue weighted by Crippen LogP contribution is 2.26. The number of aliphatic hydroxyl groups is 1. The molecule has 0 bridgehead atoms. The maximum Gasteiger partial charge on any atom is 0.323 e. The van der Waals surface area contributed by atoms with E-state index in [1.165, 1.54) is 42.7 Å². The number of halogens is 2. The van der Waals surface area contributed by atoms with Crippen molar-refractivity contribution >= 4 is 23.2 Å². The van der Waals surface area contributed by atoms with Gasteiger partial charge < -0.3 is 31.6 Å². The molecule has 2 amide bonds. The number of anilines is 3. The summed E-state index contributed by atoms with van der Waals surface area (Å²) in [7, 11) is 2.73. The zero-order chi connectivity index (χ0) is 26.8. The minimum Gasteiger partial charge on any atom is -0.457 e. The van der Waals surface area contributed by atoms with E-state index in [1.807, 2.05) is 13.0 Å². The van der Waals surface area contributed by atoms with Crippen LogP contribution in [0.3, 0.4) is 0 Å². The number of unbranched alkanes of at least 4 members (excludes halogenated alkanes) is 1. The molecule has 0 radical (unpaired) electrons. The summed E-state index contributed by atoms with van der Waals surface area (Å²) in [6, 6.07) is 13.0. The number of pyridine rings is 1. The molecule has 0 fully saturated rings. The Balaban J connectivity index is 0.000000450. The van der Waals surface area contributed by atoms with Gasteiger partial charge in [0.25, 0.3) is 0 Å². The standard InChI is InChI=1S/C17H19FN4O2.C7H9FN2.CH4O/c1-2-3-4-8-21-17(23)22-15-6-5-12(10-14(15)18)24-13-7-9-20-16(19)11-13;1-9-10-7-4-2-3-6(8)5-7;1-2/h4-11H,2-3H2,1H3,(H2,19,20)(H2,21,22,23);2-5,9-10H,1H3;2H,1H3/b8-4+;;. The summed E-state index contributed by atoms with van der Waals surface area (Å²) in [6.45, 7) is 2.03. The van der Waals surface area contributed by atoms with Gasteiger partial charge in [0.2, 0.25) is 0 Å². The van der Waals surface area contributed by atoms with Crippen LogP contribution in [0.15, 0.2) is 73.1 Å². The second kappa shape index (κ2) is 17.2. The van der Waals surface area contributed by atoms with Crippen LogP contribution in [0.4, 0.5) is 30.8 Å². The number of amides is 2. The maximum atomic E-state index is 14.1. The number of ether oxygens (including phenoxy) is 1. The summed E-state index contributed by atoms with van der Waals surface area (Å²) in [5, 5.41) is 11.9. The lowest BCUT2D eigenvalue weighted by molar-refractivity contribution is 0.255. The number of urea groups is 1. The third-order valence-electron chi connectivity index (χ3n) is 4.06. The molecule has 0 unspecified atom stereocenters. The number of hydrazine groups is 1. The molecule has 0 saturated heterocycles. The van der Waals surface area contributed by atoms with Crippen LogP contribution in [0.25, 0.3) is 0 Å². The van der Waals surface area contributed by atoms with Crippen LogP contribution < -0.4 is 32.0 Å². The Labute approximate surface area is 209 Å². The first kappa shape index (κ1) is 29.8. The SMILES string of the molecule is CCC/C=C/NC(=O)Nc1ccc(Oc2ccnc(N)c2)cc1F.CNNc1cccc(F)c1.CO. The number of rotatable bonds is 8. The fourth-order valence-electron chi connectivity index (χ4n) is 2.54. The first-order valence-electron chi connectivity index (χ1n) is 11.0. The molecule has 194 valence electrons. The number of nitrogens with two attached hydrogens (primary N) is 1. The largest absolute Gasteiger partial charge is 0.457 e. The highest BCUT2D eigenvalue weighted by atomic mass is 19.1. The second-order valence-corrected chi connectivity index (χ2v) is 6.83. The van der Waals surface area contributed by atoms with E-state index >= 15 is 0 Å². The molecule has 0 saturated carbocycles. The Morgan fingerprint density at radius 2 is 1.86 bits per heavy atom. The van der Waals surface area contributed by atoms with Crippen molar-refractivity contribution in [3.63, 3.8) is 0 Å². The molecular formula is C25H32F2N6O3. The first-order valence-corrected chi connectivity index (χ1v) is 11.0. The smallest absolute Gasteiger partial charge is 0.323 e. The van der Waals surface area contributed by atoms with Gasteiger partial charge in [-0.3, -0.25) is 0 Å². The molecule has 1 aromatic heterocycles. The minimum atomic E-state index is -0.609. The van der Waals surface area contributed by atoms with Crippen LogP contribution in [0, 0.1) is 11.6 Å². The predicted molar refractivity (Wildman–Crippen MR) is 139 cm³/mol. The van der Waals surface area contributed by atoms with Crippen molar-refractivity contribution in [3.8, 4) is 11.5 Å². The molecule has 7 N–H and O–H groups in total. The lowest BCUT2D eigenvalue weighted by Crippen LogP contribution is -2.24. The molecule has 0 atom stereocenters. The van der Waals surface area contributed by atoms with E-state index in [-0.39, 0.29) is 17.3 Å². The van der Waals surface area contributed by atoms with Crippen LogP contribution in [-0.4, -0.2) is 30.3 Å². The molecule has 9 nitrogen and oxygen atoms in total. The van der Waals surface area contributed by atoms with Gasteiger partial charge in [-0.1, -0.05) is 25.5 Å². The first-order chi connectivity index (χ1) is 17.4. The van der Waals surface area contributed by atoms with Crippen molar-refractivity contribution in [2.45, 2.75) is 19.8 Å². The zero-order valence-corrected chi connectivity index (χ0v) is 20.4. The predicted octanol–water partition coefficient (Wildman–Crippen LogP) is 5.01. The normalized spacial score (nSPS) is 9.83. The van der Waals surface area contributed by atoms with Crippen molar-refractivity contribution in [1.29, 1.82) is 0 Å². The Kier molecular flexibility index (Phi) is 14.3. The fourth-order valence-corrected chi connectivity index (χ4v) is 2.54. The molecule has 0 aliphatic heterocycles. The quantitative estimate of drug-likeness (QED) is 0.239. The van der Waals surface area contributed by atoms with Crippen molar-refractivity contribution in [2.24, 2.45) is 0 Å². The number of benzene rings is 2. The van der Waals surface area contributed by atoms with E-state index < -0.39 is 11.8 Å². The van der Waals surface area contributed by atoms with Gasteiger partial charge in [-0.2, -0.15) is 0 Å². The second-order valence-electron chi connectivity index (χ2n) is 6.83. The van der Waals surface area contributed by atoms with Crippen molar-refractivity contribution < 1.29 is 23.4 Å². The van der Waals surface area contributed by atoms with E-state index in [2.05, 4.69) is 26.5 Å². The topological polar surface area (TPSA) is 134 Å². The Morgan fingerprint density at radius 1 is 1.11 bits per heavy atom. The van der Waals surface area contributed by atoms with Gasteiger partial charge in [0, 0.05) is 38.7 Å². The number of aromatic nitrogens is 1. The molecular weight excluding hydrogens is 470 g/mol. The lowest BCUT2D eigenvalue weighted by atomic mass is 10.3. The van der Waals surface area contributed by atoms with Crippen molar-refractivity contribution in [1.82, 2.24) is 15.7 Å². The monoisotopic (exact) mass is 502 g/mol. The van der Waals surface area contributed by atoms with E-state index in [0.717, 1.165) is 25.6 Å². The number of nitrogens with zero attached hydrogens (tertiary/aromatic N) is 1. The molecule has 0 aliphatic rings. The Hall–Kier alpha value is -4.22. The van der Waals surface area contributed by atoms with Gasteiger partial charge in [0.1, 0.15) is 29.0 Å². The zero-order valence-electron chi connectivity index (χ0n) is 20.4. The van der Waals surface area contributed by atoms with Crippen LogP contribution >= 0.6 is 0 Å². The van der Waals surface area contributed by atoms with E-state index in [0.29, 0.717) is 11.6 Å². The molecule has 3 aromatic rings. The minimum absolute atomic E-state index is 0.0537. The van der Waals surface area contributed by atoms with E-state index in [9.17, 15) is 13.6 Å². The summed E-state index contributed by atoms with van der Waals surface area (Å²) in [5.74, 6) is 0.190. The summed E-state index contributed by atoms with van der Waals surface area (Å²) in [6.07, 6.45) is 6.70. The van der Waals surface area contributed by atoms with Crippen molar-refractivity contribution in [3.05, 3.63) is 84.7 Å². The Morgan fingerprint density at radius 3 is 2.50 bits per heavy atom. The molecule has 0 spiro atoms. The average molecular weight is 503 g/mol. The molecule has 3 rings (SSSR count). The van der Waals surface area contributed by atoms with Gasteiger partial charge in [-0.15, -0.1) is 0 Å². The van der Waals surface area contributed by atoms with Gasteiger partial charge in [0.05, 0.1) is 11.4 Å². The Bertz CT molecular complexity index is 1100. The number of carbonyl (C=O) groups excluding carboxylic acids is 1. The molecule has 11 heteroatoms. The number of hydrogen-bond donors (Lipinski definition) is 6. The van der Waals surface area contributed by atoms with Crippen LogP contribution in [0.1, 0.15) is 19.8 Å². The average Bonchev–Trinajstić information content (AvgIpc) is 2.86. The van der Waals surface area contributed by atoms with Crippen LogP contribution in [0.2, 0.25) is 0 Å². The summed E-state index contributed by atoms with van der Waals surface area (Å²) in [4.78, 5) is 15.5. The molecule has 1 heterocycles. The van der Waals surface area contributed by atoms with Crippen LogP contribution in [0.5, 0.6) is 11.5 Å². The maximum absolute atomic E-state index is 14.1.